The van der Waals surface area contributed by atoms with Crippen LogP contribution in [0, 0.1) is 0 Å². The highest BCUT2D eigenvalue weighted by atomic mass is 16.5. The molecule has 0 amide bonds. The third-order valence-corrected chi connectivity index (χ3v) is 3.54. The third-order valence-electron chi connectivity index (χ3n) is 3.54. The van der Waals surface area contributed by atoms with Gasteiger partial charge in [0, 0.05) is 13.1 Å². The van der Waals surface area contributed by atoms with Gasteiger partial charge in [0.2, 0.25) is 0 Å². The van der Waals surface area contributed by atoms with E-state index in [1.54, 1.807) is 0 Å². The summed E-state index contributed by atoms with van der Waals surface area (Å²) in [5, 5.41) is 0. The van der Waals surface area contributed by atoms with Gasteiger partial charge in [-0.05, 0) is 30.2 Å². The molecule has 0 aliphatic rings. The standard InChI is InChI=1S/C21H25NO3/c1-3-24-21(23)16-22(15-19-10-6-4-7-11-19)14-18(2)17-25-20-12-8-5-9-13-20/h4-13H,2-3,14-17H2,1H3. The average molecular weight is 339 g/mol. The summed E-state index contributed by atoms with van der Waals surface area (Å²) >= 11 is 0. The first-order chi connectivity index (χ1) is 12.2. The zero-order valence-electron chi connectivity index (χ0n) is 14.7. The van der Waals surface area contributed by atoms with Gasteiger partial charge in [-0.3, -0.25) is 9.69 Å². The van der Waals surface area contributed by atoms with Gasteiger partial charge in [0.1, 0.15) is 12.4 Å². The number of nitrogens with zero attached hydrogens (tertiary/aromatic N) is 1. The summed E-state index contributed by atoms with van der Waals surface area (Å²) in [6, 6.07) is 19.7. The lowest BCUT2D eigenvalue weighted by Crippen LogP contribution is -2.33. The second kappa shape index (κ2) is 10.3. The summed E-state index contributed by atoms with van der Waals surface area (Å²) in [6.45, 7) is 8.15. The quantitative estimate of drug-likeness (QED) is 0.489. The SMILES string of the molecule is C=C(COc1ccccc1)CN(CC(=O)OCC)Cc1ccccc1. The lowest BCUT2D eigenvalue weighted by Gasteiger charge is -2.22. The van der Waals surface area contributed by atoms with Crippen LogP contribution in [0.25, 0.3) is 0 Å². The fourth-order valence-electron chi connectivity index (χ4n) is 2.46. The van der Waals surface area contributed by atoms with Crippen molar-refractivity contribution in [1.82, 2.24) is 4.90 Å². The Bertz CT molecular complexity index is 655. The van der Waals surface area contributed by atoms with Crippen molar-refractivity contribution in [2.24, 2.45) is 0 Å². The van der Waals surface area contributed by atoms with E-state index in [0.717, 1.165) is 16.9 Å². The first kappa shape index (κ1) is 18.7. The molecule has 0 heterocycles. The van der Waals surface area contributed by atoms with Crippen LogP contribution >= 0.6 is 0 Å². The van der Waals surface area contributed by atoms with Crippen LogP contribution in [0.5, 0.6) is 5.75 Å². The second-order valence-electron chi connectivity index (χ2n) is 5.79. The average Bonchev–Trinajstić information content (AvgIpc) is 2.62. The van der Waals surface area contributed by atoms with Gasteiger partial charge in [0.05, 0.1) is 13.2 Å². The van der Waals surface area contributed by atoms with E-state index in [0.29, 0.717) is 26.3 Å². The van der Waals surface area contributed by atoms with Crippen molar-refractivity contribution >= 4 is 5.97 Å². The highest BCUT2D eigenvalue weighted by Gasteiger charge is 2.13. The third kappa shape index (κ3) is 7.23. The fourth-order valence-corrected chi connectivity index (χ4v) is 2.46. The van der Waals surface area contributed by atoms with E-state index in [2.05, 4.69) is 6.58 Å². The largest absolute Gasteiger partial charge is 0.489 e. The summed E-state index contributed by atoms with van der Waals surface area (Å²) in [5.41, 5.74) is 2.05. The zero-order valence-corrected chi connectivity index (χ0v) is 14.7. The van der Waals surface area contributed by atoms with Crippen LogP contribution in [0.15, 0.2) is 72.8 Å². The van der Waals surface area contributed by atoms with Crippen molar-refractivity contribution in [2.45, 2.75) is 13.5 Å². The van der Waals surface area contributed by atoms with Crippen LogP contribution in [0.1, 0.15) is 12.5 Å². The molecule has 0 unspecified atom stereocenters. The Balaban J connectivity index is 1.91. The highest BCUT2D eigenvalue weighted by molar-refractivity contribution is 5.71. The van der Waals surface area contributed by atoms with Crippen molar-refractivity contribution in [3.05, 3.63) is 78.4 Å². The Morgan fingerprint density at radius 2 is 1.64 bits per heavy atom. The molecule has 2 rings (SSSR count). The maximum atomic E-state index is 11.9. The number of hydrogen-bond donors (Lipinski definition) is 0. The number of carbonyl (C=O) groups excluding carboxylic acids is 1. The van der Waals surface area contributed by atoms with E-state index in [1.807, 2.05) is 72.5 Å². The lowest BCUT2D eigenvalue weighted by atomic mass is 10.2. The Morgan fingerprint density at radius 3 is 2.28 bits per heavy atom. The molecule has 0 spiro atoms. The van der Waals surface area contributed by atoms with E-state index in [-0.39, 0.29) is 12.5 Å². The zero-order chi connectivity index (χ0) is 17.9. The Morgan fingerprint density at radius 1 is 1.00 bits per heavy atom. The second-order valence-corrected chi connectivity index (χ2v) is 5.79. The topological polar surface area (TPSA) is 38.8 Å². The summed E-state index contributed by atoms with van der Waals surface area (Å²) in [4.78, 5) is 13.9. The van der Waals surface area contributed by atoms with Gasteiger partial charge in [0.25, 0.3) is 0 Å². The molecule has 4 nitrogen and oxygen atoms in total. The van der Waals surface area contributed by atoms with Gasteiger partial charge in [-0.2, -0.15) is 0 Å². The normalized spacial score (nSPS) is 10.5. The monoisotopic (exact) mass is 339 g/mol. The predicted octanol–water partition coefficient (Wildman–Crippen LogP) is 3.69. The number of esters is 1. The smallest absolute Gasteiger partial charge is 0.320 e. The highest BCUT2D eigenvalue weighted by Crippen LogP contribution is 2.11. The van der Waals surface area contributed by atoms with Gasteiger partial charge in [-0.15, -0.1) is 0 Å². The predicted molar refractivity (Wildman–Crippen MR) is 99.4 cm³/mol. The Hall–Kier alpha value is -2.59. The maximum absolute atomic E-state index is 11.9. The molecule has 132 valence electrons. The minimum Gasteiger partial charge on any atom is -0.489 e. The van der Waals surface area contributed by atoms with Gasteiger partial charge in [-0.25, -0.2) is 0 Å². The number of para-hydroxylation sites is 1. The molecule has 2 aromatic rings. The summed E-state index contributed by atoms with van der Waals surface area (Å²) < 4.78 is 10.8. The molecule has 0 aromatic heterocycles. The van der Waals surface area contributed by atoms with Crippen LogP contribution in [-0.4, -0.2) is 37.2 Å². The Kier molecular flexibility index (Phi) is 7.73. The molecular weight excluding hydrogens is 314 g/mol. The van der Waals surface area contributed by atoms with E-state index in [9.17, 15) is 4.79 Å². The molecular formula is C21H25NO3. The van der Waals surface area contributed by atoms with Crippen LogP contribution in [0.2, 0.25) is 0 Å². The number of carbonyl (C=O) groups is 1. The number of hydrogen-bond acceptors (Lipinski definition) is 4. The van der Waals surface area contributed by atoms with Crippen molar-refractivity contribution in [1.29, 1.82) is 0 Å². The van der Waals surface area contributed by atoms with Crippen molar-refractivity contribution in [3.63, 3.8) is 0 Å². The molecule has 0 atom stereocenters. The van der Waals surface area contributed by atoms with Gasteiger partial charge >= 0.3 is 5.97 Å². The van der Waals surface area contributed by atoms with Gasteiger partial charge in [0.15, 0.2) is 0 Å². The molecule has 2 aromatic carbocycles. The van der Waals surface area contributed by atoms with Crippen molar-refractivity contribution in [2.75, 3.05) is 26.3 Å². The maximum Gasteiger partial charge on any atom is 0.320 e. The van der Waals surface area contributed by atoms with Crippen molar-refractivity contribution in [3.8, 4) is 5.75 Å². The number of benzene rings is 2. The molecule has 0 N–H and O–H groups in total. The number of rotatable bonds is 10. The molecule has 0 bridgehead atoms. The minimum atomic E-state index is -0.227. The summed E-state index contributed by atoms with van der Waals surface area (Å²) in [5.74, 6) is 0.582. The van der Waals surface area contributed by atoms with Crippen molar-refractivity contribution < 1.29 is 14.3 Å². The fraction of sp³-hybridized carbons (Fsp3) is 0.286. The molecule has 25 heavy (non-hydrogen) atoms. The molecule has 0 saturated heterocycles. The molecule has 4 heteroatoms. The molecule has 0 aliphatic heterocycles. The Labute approximate surface area is 149 Å². The first-order valence-corrected chi connectivity index (χ1v) is 8.43. The molecule has 0 saturated carbocycles. The minimum absolute atomic E-state index is 0.227. The lowest BCUT2D eigenvalue weighted by molar-refractivity contribution is -0.144. The van der Waals surface area contributed by atoms with Crippen LogP contribution in [-0.2, 0) is 16.1 Å². The summed E-state index contributed by atoms with van der Waals surface area (Å²) in [7, 11) is 0. The van der Waals surface area contributed by atoms with Gasteiger partial charge in [-0.1, -0.05) is 55.1 Å². The molecule has 0 radical (unpaired) electrons. The van der Waals surface area contributed by atoms with E-state index in [1.165, 1.54) is 0 Å². The van der Waals surface area contributed by atoms with Crippen LogP contribution < -0.4 is 4.74 Å². The van der Waals surface area contributed by atoms with E-state index < -0.39 is 0 Å². The molecule has 0 aliphatic carbocycles. The van der Waals surface area contributed by atoms with Crippen LogP contribution in [0.3, 0.4) is 0 Å². The first-order valence-electron chi connectivity index (χ1n) is 8.43. The summed E-state index contributed by atoms with van der Waals surface area (Å²) in [6.07, 6.45) is 0. The molecule has 0 fully saturated rings. The van der Waals surface area contributed by atoms with E-state index >= 15 is 0 Å². The van der Waals surface area contributed by atoms with Crippen LogP contribution in [0.4, 0.5) is 0 Å². The van der Waals surface area contributed by atoms with Gasteiger partial charge < -0.3 is 9.47 Å². The number of ether oxygens (including phenoxy) is 2. The van der Waals surface area contributed by atoms with E-state index in [4.69, 9.17) is 9.47 Å².